The van der Waals surface area contributed by atoms with E-state index in [1.807, 2.05) is 0 Å². The van der Waals surface area contributed by atoms with Gasteiger partial charge in [-0.3, -0.25) is 4.98 Å². The smallest absolute Gasteiger partial charge is 0.341 e. The summed E-state index contributed by atoms with van der Waals surface area (Å²) in [6, 6.07) is 6.99. The van der Waals surface area contributed by atoms with Gasteiger partial charge in [-0.05, 0) is 19.1 Å². The predicted molar refractivity (Wildman–Crippen MR) is 67.1 cm³/mol. The van der Waals surface area contributed by atoms with Gasteiger partial charge in [0.15, 0.2) is 0 Å². The molecule has 20 heavy (non-hydrogen) atoms. The number of aryl methyl sites for hydroxylation is 1. The number of aromatic nitrogens is 1. The number of carboxylic acids is 1. The van der Waals surface area contributed by atoms with Crippen molar-refractivity contribution in [3.05, 3.63) is 53.1 Å². The topological polar surface area (TPSA) is 83.2 Å². The van der Waals surface area contributed by atoms with Crippen LogP contribution in [0, 0.1) is 24.1 Å². The van der Waals surface area contributed by atoms with Gasteiger partial charge in [0.05, 0.1) is 0 Å². The first kappa shape index (κ1) is 13.5. The number of carbonyl (C=O) groups is 1. The van der Waals surface area contributed by atoms with E-state index in [9.17, 15) is 9.18 Å². The zero-order valence-corrected chi connectivity index (χ0v) is 10.4. The minimum atomic E-state index is -1.22. The summed E-state index contributed by atoms with van der Waals surface area (Å²) in [5, 5.41) is 18.0. The molecule has 1 heterocycles. The van der Waals surface area contributed by atoms with Crippen molar-refractivity contribution in [2.45, 2.75) is 6.92 Å². The minimum Gasteiger partial charge on any atom is -0.477 e. The van der Waals surface area contributed by atoms with Gasteiger partial charge in [-0.1, -0.05) is 6.07 Å². The Morgan fingerprint density at radius 3 is 2.85 bits per heavy atom. The van der Waals surface area contributed by atoms with Gasteiger partial charge in [0.25, 0.3) is 0 Å². The van der Waals surface area contributed by atoms with Crippen molar-refractivity contribution in [1.29, 1.82) is 5.26 Å². The summed E-state index contributed by atoms with van der Waals surface area (Å²) in [6.45, 7) is 1.66. The molecule has 0 amide bonds. The monoisotopic (exact) mass is 272 g/mol. The zero-order chi connectivity index (χ0) is 14.7. The summed E-state index contributed by atoms with van der Waals surface area (Å²) in [4.78, 5) is 14.9. The van der Waals surface area contributed by atoms with E-state index in [4.69, 9.17) is 15.1 Å². The lowest BCUT2D eigenvalue weighted by atomic mass is 10.2. The van der Waals surface area contributed by atoms with E-state index in [0.717, 1.165) is 12.3 Å². The number of nitriles is 1. The van der Waals surface area contributed by atoms with E-state index in [1.54, 1.807) is 13.0 Å². The molecule has 5 nitrogen and oxygen atoms in total. The van der Waals surface area contributed by atoms with Crippen LogP contribution in [0.4, 0.5) is 4.39 Å². The second kappa shape index (κ2) is 5.36. The third kappa shape index (κ3) is 2.57. The van der Waals surface area contributed by atoms with Gasteiger partial charge < -0.3 is 9.84 Å². The number of pyridine rings is 1. The number of rotatable bonds is 3. The molecule has 0 atom stereocenters. The van der Waals surface area contributed by atoms with E-state index in [-0.39, 0.29) is 22.6 Å². The van der Waals surface area contributed by atoms with Crippen molar-refractivity contribution >= 4 is 5.97 Å². The maximum atomic E-state index is 13.5. The quantitative estimate of drug-likeness (QED) is 0.928. The molecule has 1 aromatic heterocycles. The number of hydrogen-bond acceptors (Lipinski definition) is 4. The lowest BCUT2D eigenvalue weighted by Gasteiger charge is -2.10. The second-order valence-corrected chi connectivity index (χ2v) is 3.95. The normalized spacial score (nSPS) is 9.85. The maximum Gasteiger partial charge on any atom is 0.341 e. The third-order valence-corrected chi connectivity index (χ3v) is 2.54. The van der Waals surface area contributed by atoms with Gasteiger partial charge in [0.1, 0.15) is 34.5 Å². The Balaban J connectivity index is 2.51. The molecule has 0 fully saturated rings. The van der Waals surface area contributed by atoms with Crippen molar-refractivity contribution in [2.24, 2.45) is 0 Å². The van der Waals surface area contributed by atoms with Crippen LogP contribution in [-0.4, -0.2) is 16.1 Å². The van der Waals surface area contributed by atoms with Gasteiger partial charge in [-0.25, -0.2) is 9.18 Å². The Bertz CT molecular complexity index is 723. The van der Waals surface area contributed by atoms with E-state index < -0.39 is 11.8 Å². The highest BCUT2D eigenvalue weighted by Crippen LogP contribution is 2.29. The highest BCUT2D eigenvalue weighted by atomic mass is 19.1. The lowest BCUT2D eigenvalue weighted by molar-refractivity contribution is 0.0693. The van der Waals surface area contributed by atoms with Crippen LogP contribution in [-0.2, 0) is 0 Å². The zero-order valence-electron chi connectivity index (χ0n) is 10.4. The van der Waals surface area contributed by atoms with Crippen molar-refractivity contribution < 1.29 is 19.0 Å². The standard InChI is InChI=1S/C14H9FN2O3/c1-8-5-13(10(7-17-8)14(18)19)20-12-4-2-3-11(15)9(12)6-16/h2-5,7H,1H3,(H,18,19). The average Bonchev–Trinajstić information content (AvgIpc) is 2.38. The highest BCUT2D eigenvalue weighted by molar-refractivity contribution is 5.90. The fraction of sp³-hybridized carbons (Fsp3) is 0.0714. The third-order valence-electron chi connectivity index (χ3n) is 2.54. The molecule has 0 bridgehead atoms. The molecule has 0 aliphatic rings. The van der Waals surface area contributed by atoms with Crippen molar-refractivity contribution in [2.75, 3.05) is 0 Å². The summed E-state index contributed by atoms with van der Waals surface area (Å²) < 4.78 is 18.8. The number of carboxylic acid groups (broad SMARTS) is 1. The van der Waals surface area contributed by atoms with Crippen LogP contribution in [0.15, 0.2) is 30.5 Å². The van der Waals surface area contributed by atoms with E-state index in [1.165, 1.54) is 18.2 Å². The molecule has 0 aliphatic heterocycles. The fourth-order valence-electron chi connectivity index (χ4n) is 1.60. The molecule has 100 valence electrons. The molecule has 2 aromatic rings. The van der Waals surface area contributed by atoms with Gasteiger partial charge in [-0.15, -0.1) is 0 Å². The number of nitrogens with zero attached hydrogens (tertiary/aromatic N) is 2. The molecule has 0 spiro atoms. The molecular formula is C14H9FN2O3. The van der Waals surface area contributed by atoms with Gasteiger partial charge >= 0.3 is 5.97 Å². The maximum absolute atomic E-state index is 13.5. The molecule has 6 heteroatoms. The van der Waals surface area contributed by atoms with E-state index >= 15 is 0 Å². The van der Waals surface area contributed by atoms with E-state index in [2.05, 4.69) is 4.98 Å². The Kier molecular flexibility index (Phi) is 3.62. The Morgan fingerprint density at radius 1 is 1.45 bits per heavy atom. The van der Waals surface area contributed by atoms with Crippen LogP contribution in [0.5, 0.6) is 11.5 Å². The van der Waals surface area contributed by atoms with Crippen LogP contribution in [0.2, 0.25) is 0 Å². The first-order valence-electron chi connectivity index (χ1n) is 5.59. The molecule has 1 N–H and O–H groups in total. The Labute approximate surface area is 113 Å². The van der Waals surface area contributed by atoms with Crippen LogP contribution in [0.25, 0.3) is 0 Å². The van der Waals surface area contributed by atoms with Crippen LogP contribution < -0.4 is 4.74 Å². The summed E-state index contributed by atoms with van der Waals surface area (Å²) in [5.74, 6) is -1.98. The van der Waals surface area contributed by atoms with Crippen LogP contribution >= 0.6 is 0 Å². The number of ether oxygens (including phenoxy) is 1. The summed E-state index contributed by atoms with van der Waals surface area (Å²) in [5.41, 5.74) is 0.0990. The van der Waals surface area contributed by atoms with Gasteiger partial charge in [0.2, 0.25) is 0 Å². The largest absolute Gasteiger partial charge is 0.477 e. The van der Waals surface area contributed by atoms with Crippen molar-refractivity contribution in [1.82, 2.24) is 4.98 Å². The van der Waals surface area contributed by atoms with Crippen molar-refractivity contribution in [3.8, 4) is 17.6 Å². The molecule has 1 aromatic carbocycles. The summed E-state index contributed by atoms with van der Waals surface area (Å²) in [6.07, 6.45) is 1.15. The van der Waals surface area contributed by atoms with Gasteiger partial charge in [-0.2, -0.15) is 5.26 Å². The Hall–Kier alpha value is -2.94. The van der Waals surface area contributed by atoms with Crippen LogP contribution in [0.3, 0.4) is 0 Å². The number of hydrogen-bond donors (Lipinski definition) is 1. The summed E-state index contributed by atoms with van der Waals surface area (Å²) in [7, 11) is 0. The lowest BCUT2D eigenvalue weighted by Crippen LogP contribution is -2.02. The first-order valence-corrected chi connectivity index (χ1v) is 5.59. The first-order chi connectivity index (χ1) is 9.52. The fourth-order valence-corrected chi connectivity index (χ4v) is 1.60. The average molecular weight is 272 g/mol. The Morgan fingerprint density at radius 2 is 2.20 bits per heavy atom. The number of aromatic carboxylic acids is 1. The molecule has 0 radical (unpaired) electrons. The molecular weight excluding hydrogens is 263 g/mol. The van der Waals surface area contributed by atoms with E-state index in [0.29, 0.717) is 5.69 Å². The highest BCUT2D eigenvalue weighted by Gasteiger charge is 2.16. The SMILES string of the molecule is Cc1cc(Oc2cccc(F)c2C#N)c(C(=O)O)cn1. The van der Waals surface area contributed by atoms with Gasteiger partial charge in [0, 0.05) is 18.0 Å². The molecule has 0 saturated heterocycles. The van der Waals surface area contributed by atoms with Crippen LogP contribution in [0.1, 0.15) is 21.6 Å². The number of benzene rings is 1. The molecule has 0 unspecified atom stereocenters. The second-order valence-electron chi connectivity index (χ2n) is 3.95. The minimum absolute atomic E-state index is 0.00657. The van der Waals surface area contributed by atoms with Crippen molar-refractivity contribution in [3.63, 3.8) is 0 Å². The molecule has 0 saturated carbocycles. The summed E-state index contributed by atoms with van der Waals surface area (Å²) >= 11 is 0. The molecule has 2 rings (SSSR count). The predicted octanol–water partition coefficient (Wildman–Crippen LogP) is 2.89. The molecule has 0 aliphatic carbocycles. The number of halogens is 1.